The summed E-state index contributed by atoms with van der Waals surface area (Å²) in [4.78, 5) is 25.3. The predicted octanol–water partition coefficient (Wildman–Crippen LogP) is 4.97. The van der Waals surface area contributed by atoms with E-state index >= 15 is 0 Å². The van der Waals surface area contributed by atoms with Crippen LogP contribution in [0.15, 0.2) is 42.5 Å². The van der Waals surface area contributed by atoms with Crippen molar-refractivity contribution in [1.82, 2.24) is 5.32 Å². The van der Waals surface area contributed by atoms with E-state index in [9.17, 15) is 23.1 Å². The van der Waals surface area contributed by atoms with E-state index in [1.54, 1.807) is 19.1 Å². The number of carboxylic acids is 1. The van der Waals surface area contributed by atoms with Crippen LogP contribution in [0.3, 0.4) is 0 Å². The van der Waals surface area contributed by atoms with Gasteiger partial charge in [-0.1, -0.05) is 69.4 Å². The predicted molar refractivity (Wildman–Crippen MR) is 172 cm³/mol. The third-order valence-corrected chi connectivity index (χ3v) is 10.6. The summed E-state index contributed by atoms with van der Waals surface area (Å²) in [6, 6.07) is 11.6. The minimum atomic E-state index is -3.24. The fraction of sp³-hybridized carbons (Fsp3) is 0.548. The number of thioether (sulfide) groups is 1. The molecule has 1 aliphatic rings. The summed E-state index contributed by atoms with van der Waals surface area (Å²) in [6.07, 6.45) is 8.74. The van der Waals surface area contributed by atoms with Crippen molar-refractivity contribution in [2.45, 2.75) is 70.9 Å². The summed E-state index contributed by atoms with van der Waals surface area (Å²) in [5.74, 6) is -0.569. The average Bonchev–Trinajstić information content (AvgIpc) is 2.94. The molecule has 7 nitrogen and oxygen atoms in total. The number of rotatable bonds is 14. The molecule has 0 saturated heterocycles. The number of hydrogen-bond donors (Lipinski definition) is 3. The van der Waals surface area contributed by atoms with Crippen LogP contribution in [0.25, 0.3) is 11.1 Å². The van der Waals surface area contributed by atoms with Crippen LogP contribution >= 0.6 is 11.8 Å². The molecule has 3 atom stereocenters. The van der Waals surface area contributed by atoms with Crippen molar-refractivity contribution in [3.8, 4) is 11.1 Å². The van der Waals surface area contributed by atoms with Crippen LogP contribution in [0.2, 0.25) is 0 Å². The Bertz CT molecular complexity index is 1260. The summed E-state index contributed by atoms with van der Waals surface area (Å²) in [7, 11) is -3.24. The van der Waals surface area contributed by atoms with Gasteiger partial charge in [0.2, 0.25) is 0 Å². The summed E-state index contributed by atoms with van der Waals surface area (Å²) in [5, 5.41) is 12.4. The third-order valence-electron chi connectivity index (χ3n) is 8.10. The Morgan fingerprint density at radius 1 is 1.10 bits per heavy atom. The third kappa shape index (κ3) is 10.2. The van der Waals surface area contributed by atoms with Crippen molar-refractivity contribution in [3.63, 3.8) is 0 Å². The molecule has 3 rings (SSSR count). The van der Waals surface area contributed by atoms with Crippen molar-refractivity contribution >= 4 is 52.3 Å². The summed E-state index contributed by atoms with van der Waals surface area (Å²) >= 11 is 1.53. The first-order valence-electron chi connectivity index (χ1n) is 14.2. The Hall–Kier alpha value is -1.76. The second-order valence-corrected chi connectivity index (χ2v) is 14.4. The van der Waals surface area contributed by atoms with Crippen LogP contribution in [0.5, 0.6) is 0 Å². The minimum absolute atomic E-state index is 0. The second-order valence-electron chi connectivity index (χ2n) is 11.0. The number of carboxylic acid groups (broad SMARTS) is 1. The molecule has 1 aliphatic carbocycles. The van der Waals surface area contributed by atoms with Gasteiger partial charge >= 0.3 is 24.8 Å². The molecule has 1 fully saturated rings. The average molecular weight is 597 g/mol. The Morgan fingerprint density at radius 3 is 2.39 bits per heavy atom. The monoisotopic (exact) mass is 596 g/mol. The van der Waals surface area contributed by atoms with Gasteiger partial charge in [-0.15, -0.1) is 0 Å². The molecule has 0 spiro atoms. The van der Waals surface area contributed by atoms with E-state index in [-0.39, 0.29) is 36.3 Å². The van der Waals surface area contributed by atoms with Gasteiger partial charge in [0.25, 0.3) is 5.91 Å². The number of sulfone groups is 1. The van der Waals surface area contributed by atoms with Crippen LogP contribution < -0.4 is 11.1 Å². The van der Waals surface area contributed by atoms with Crippen LogP contribution in [0, 0.1) is 18.8 Å². The molecule has 3 unspecified atom stereocenters. The molecule has 0 radical (unpaired) electrons. The number of aryl methyl sites for hydroxylation is 1. The van der Waals surface area contributed by atoms with Crippen molar-refractivity contribution in [3.05, 3.63) is 59.2 Å². The summed E-state index contributed by atoms with van der Waals surface area (Å²) in [5.41, 5.74) is 10.5. The molecule has 0 bridgehead atoms. The van der Waals surface area contributed by atoms with Crippen molar-refractivity contribution in [2.75, 3.05) is 23.5 Å². The van der Waals surface area contributed by atoms with Gasteiger partial charge in [0.15, 0.2) is 0 Å². The first kappa shape index (κ1) is 35.4. The van der Waals surface area contributed by atoms with Crippen LogP contribution in [-0.2, 0) is 14.6 Å². The first-order chi connectivity index (χ1) is 19.1. The zero-order chi connectivity index (χ0) is 29.3. The molecule has 0 aliphatic heterocycles. The number of aliphatic carboxylic acids is 1. The van der Waals surface area contributed by atoms with Crippen molar-refractivity contribution in [2.24, 2.45) is 17.6 Å². The van der Waals surface area contributed by atoms with Gasteiger partial charge in [0.1, 0.15) is 15.9 Å². The molecule has 10 heteroatoms. The number of nitrogens with two attached hydrogens (primary N) is 1. The van der Waals surface area contributed by atoms with E-state index in [0.29, 0.717) is 29.2 Å². The number of amides is 1. The molecular formula is C31H45LiN2O5S2. The number of carbonyl (C=O) groups is 2. The van der Waals surface area contributed by atoms with Gasteiger partial charge in [-0.05, 0) is 78.0 Å². The summed E-state index contributed by atoms with van der Waals surface area (Å²) < 4.78 is 25.5. The Labute approximate surface area is 261 Å². The Balaban J connectivity index is 0.00000588. The van der Waals surface area contributed by atoms with Gasteiger partial charge in [0.05, 0.1) is 5.75 Å². The molecule has 0 heterocycles. The van der Waals surface area contributed by atoms with Gasteiger partial charge < -0.3 is 16.2 Å². The number of benzene rings is 2. The van der Waals surface area contributed by atoms with Gasteiger partial charge in [-0.25, -0.2) is 13.2 Å². The van der Waals surface area contributed by atoms with Crippen LogP contribution in [-0.4, -0.2) is 73.8 Å². The van der Waals surface area contributed by atoms with Gasteiger partial charge in [-0.3, -0.25) is 4.79 Å². The fourth-order valence-corrected chi connectivity index (χ4v) is 7.38. The van der Waals surface area contributed by atoms with Gasteiger partial charge in [0, 0.05) is 17.4 Å². The van der Waals surface area contributed by atoms with E-state index in [0.717, 1.165) is 36.0 Å². The molecule has 0 aromatic heterocycles. The van der Waals surface area contributed by atoms with Crippen LogP contribution in [0.1, 0.15) is 79.4 Å². The SMILES string of the molecule is CCS(=O)(=O)CC(CC1CCCCC1)C(N)c1ccc(C(=O)NC(CCSC)C(=O)O)c(-c2ccccc2C)c1.[LiH]. The second kappa shape index (κ2) is 16.8. The van der Waals surface area contributed by atoms with E-state index in [4.69, 9.17) is 5.73 Å². The van der Waals surface area contributed by atoms with E-state index in [1.165, 1.54) is 31.0 Å². The maximum atomic E-state index is 13.4. The van der Waals surface area contributed by atoms with Gasteiger partial charge in [-0.2, -0.15) is 11.8 Å². The quantitative estimate of drug-likeness (QED) is 0.263. The molecule has 2 aromatic rings. The van der Waals surface area contributed by atoms with E-state index < -0.39 is 33.8 Å². The molecule has 1 saturated carbocycles. The van der Waals surface area contributed by atoms with E-state index in [1.807, 2.05) is 43.5 Å². The molecule has 2 aromatic carbocycles. The standard InChI is InChI=1S/C31H44N2O5S2.Li.H/c1-4-40(37,38)20-24(18-22-11-6-5-7-12-22)29(32)23-14-15-26(27(19-23)25-13-9-8-10-21(25)2)30(34)33-28(31(35)36)16-17-39-3;;/h8-10,13-15,19,22,24,28-29H,4-7,11-12,16-18,20,32H2,1-3H3,(H,33,34)(H,35,36);;. The van der Waals surface area contributed by atoms with Crippen molar-refractivity contribution in [1.29, 1.82) is 0 Å². The van der Waals surface area contributed by atoms with Crippen molar-refractivity contribution < 1.29 is 23.1 Å². The Kier molecular flexibility index (Phi) is 14.5. The normalized spacial score (nSPS) is 16.3. The van der Waals surface area contributed by atoms with Crippen LogP contribution in [0.4, 0.5) is 0 Å². The van der Waals surface area contributed by atoms with E-state index in [2.05, 4.69) is 5.32 Å². The molecule has 222 valence electrons. The summed E-state index contributed by atoms with van der Waals surface area (Å²) in [6.45, 7) is 3.63. The Morgan fingerprint density at radius 2 is 1.78 bits per heavy atom. The number of nitrogens with one attached hydrogen (secondary N) is 1. The molecule has 41 heavy (non-hydrogen) atoms. The topological polar surface area (TPSA) is 127 Å². The zero-order valence-electron chi connectivity index (χ0n) is 23.9. The molecule has 1 amide bonds. The fourth-order valence-electron chi connectivity index (χ4n) is 5.68. The number of carbonyl (C=O) groups excluding carboxylic acids is 1. The first-order valence-corrected chi connectivity index (χ1v) is 17.5. The molecular weight excluding hydrogens is 551 g/mol. The maximum absolute atomic E-state index is 13.4. The number of hydrogen-bond acceptors (Lipinski definition) is 6. The molecule has 4 N–H and O–H groups in total. The zero-order valence-corrected chi connectivity index (χ0v) is 25.5.